The molecule has 6 aliphatic rings. The van der Waals surface area contributed by atoms with Crippen LogP contribution in [-0.4, -0.2) is 389 Å². The van der Waals surface area contributed by atoms with Gasteiger partial charge in [0.15, 0.2) is 44.0 Å². The van der Waals surface area contributed by atoms with Crippen LogP contribution in [0.1, 0.15) is 0 Å². The predicted octanol–water partition coefficient (Wildman–Crippen LogP) is -17.5. The molecule has 0 spiro atoms. The molecule has 6 heterocycles. The maximum atomic E-state index is 11.2. The second-order valence-electron chi connectivity index (χ2n) is 19.1. The number of aldehydes is 1. The molecule has 34 atom stereocenters. The summed E-state index contributed by atoms with van der Waals surface area (Å²) in [4.78, 5) is 9.90. The van der Waals surface area contributed by atoms with Crippen molar-refractivity contribution in [2.24, 2.45) is 0 Å². The second kappa shape index (κ2) is 30.3. The number of hydrogen-bond donors (Lipinski definition) is 25. The minimum Gasteiger partial charge on any atom is -0.394 e. The largest absolute Gasteiger partial charge is 0.394 e. The minimum absolute atomic E-state index is 0.0258. The van der Waals surface area contributed by atoms with Crippen LogP contribution in [0.15, 0.2) is 0 Å². The van der Waals surface area contributed by atoms with Gasteiger partial charge < -0.3 is 185 Å². The molecule has 0 aliphatic carbocycles. The van der Waals surface area contributed by atoms with E-state index in [2.05, 4.69) is 0 Å². The zero-order chi connectivity index (χ0) is 59.1. The monoisotopic (exact) mass is 1170 g/mol. The van der Waals surface area contributed by atoms with Crippen LogP contribution in [0.5, 0.6) is 0 Å². The standard InChI is InChI=1S/C36H62O31.C6H12O6/c37-1-7-13(43)14(44)21(51)32(58-7)64-27-9(3-39)60-34(23(53)16(27)46)66-29-11(5-41)62-36(25(55)18(29)48)67-30-12(6-42)61-35(24(54)19(30)49)65-28-10(4-40)59-33(22(52)17(28)47)63-26-8(2-38)57-31(56)20(50)15(26)45;7-1-3(9)5(11)6(12)4(10)2-8/h7-56H,1-6H2;1,3-6,8-12H,2H2/t7-,8-,9-,10-,11-,12-,13-,14+,15-,16-,17-,18-,19-,20-,21-,22-,23-,24-,25-,26-,27-,28-,29-,30-,31+,32-,33-,34-,35-,36-;3-,4+,5+,6+/m10/s1. The average molecular weight is 1170 g/mol. The van der Waals surface area contributed by atoms with E-state index >= 15 is 0 Å². The van der Waals surface area contributed by atoms with Crippen LogP contribution in [0.2, 0.25) is 0 Å². The van der Waals surface area contributed by atoms with Crippen LogP contribution in [0.3, 0.4) is 0 Å². The first kappa shape index (κ1) is 68.0. The van der Waals surface area contributed by atoms with Crippen molar-refractivity contribution >= 4 is 6.29 Å². The van der Waals surface area contributed by atoms with Gasteiger partial charge in [0.2, 0.25) is 0 Å². The number of aliphatic hydroxyl groups is 25. The molecule has 37 nitrogen and oxygen atoms in total. The highest BCUT2D eigenvalue weighted by molar-refractivity contribution is 5.56. The first-order chi connectivity index (χ1) is 37.3. The molecule has 6 aliphatic heterocycles. The van der Waals surface area contributed by atoms with Gasteiger partial charge in [-0.1, -0.05) is 0 Å². The van der Waals surface area contributed by atoms with Crippen molar-refractivity contribution in [2.45, 2.75) is 209 Å². The summed E-state index contributed by atoms with van der Waals surface area (Å²) in [5, 5.41) is 253. The third-order valence-corrected chi connectivity index (χ3v) is 13.8. The van der Waals surface area contributed by atoms with Crippen LogP contribution in [-0.2, 0) is 56.9 Å². The van der Waals surface area contributed by atoms with Gasteiger partial charge in [0.1, 0.15) is 171 Å². The van der Waals surface area contributed by atoms with Gasteiger partial charge in [-0.25, -0.2) is 0 Å². The molecule has 464 valence electrons. The first-order valence-electron chi connectivity index (χ1n) is 24.5. The lowest BCUT2D eigenvalue weighted by Gasteiger charge is -2.49. The highest BCUT2D eigenvalue weighted by Crippen LogP contribution is 2.36. The van der Waals surface area contributed by atoms with Crippen molar-refractivity contribution in [1.82, 2.24) is 0 Å². The molecule has 0 bridgehead atoms. The summed E-state index contributed by atoms with van der Waals surface area (Å²) in [6.07, 6.45) is -63.3. The molecule has 0 saturated carbocycles. The Balaban J connectivity index is 0.000000853. The van der Waals surface area contributed by atoms with E-state index in [4.69, 9.17) is 77.6 Å². The molecule has 6 fully saturated rings. The quantitative estimate of drug-likeness (QED) is 0.0475. The van der Waals surface area contributed by atoms with Gasteiger partial charge in [-0.3, -0.25) is 0 Å². The molecule has 6 saturated heterocycles. The molecule has 0 aromatic heterocycles. The van der Waals surface area contributed by atoms with E-state index < -0.39 is 255 Å². The molecular weight excluding hydrogens is 1100 g/mol. The molecule has 0 unspecified atom stereocenters. The summed E-state index contributed by atoms with van der Waals surface area (Å²) in [5.74, 6) is 0. The molecule has 0 radical (unpaired) electrons. The molecule has 0 aromatic rings. The minimum atomic E-state index is -2.18. The van der Waals surface area contributed by atoms with E-state index in [0.717, 1.165) is 0 Å². The maximum Gasteiger partial charge on any atom is 0.187 e. The van der Waals surface area contributed by atoms with Crippen molar-refractivity contribution < 1.29 is 185 Å². The lowest BCUT2D eigenvalue weighted by Crippen LogP contribution is -2.68. The summed E-state index contributed by atoms with van der Waals surface area (Å²) in [6.45, 7) is -6.43. The normalized spacial score (nSPS) is 48.5. The fraction of sp³-hybridized carbons (Fsp3) is 0.976. The predicted molar refractivity (Wildman–Crippen MR) is 236 cm³/mol. The van der Waals surface area contributed by atoms with E-state index in [-0.39, 0.29) is 6.29 Å². The van der Waals surface area contributed by atoms with Gasteiger partial charge in [-0.15, -0.1) is 0 Å². The number of rotatable bonds is 21. The second-order valence-corrected chi connectivity index (χ2v) is 19.1. The lowest BCUT2D eigenvalue weighted by molar-refractivity contribution is -0.396. The summed E-state index contributed by atoms with van der Waals surface area (Å²) in [5.41, 5.74) is 0. The lowest BCUT2D eigenvalue weighted by atomic mass is 9.95. The molecule has 79 heavy (non-hydrogen) atoms. The van der Waals surface area contributed by atoms with Crippen LogP contribution >= 0.6 is 0 Å². The topological polar surface area (TPSA) is 624 Å². The van der Waals surface area contributed by atoms with Crippen LogP contribution in [0.25, 0.3) is 0 Å². The van der Waals surface area contributed by atoms with E-state index in [0.29, 0.717) is 0 Å². The summed E-state index contributed by atoms with van der Waals surface area (Å²) in [6, 6.07) is 0. The molecular formula is C42H74O37. The zero-order valence-corrected chi connectivity index (χ0v) is 41.2. The van der Waals surface area contributed by atoms with Crippen molar-refractivity contribution in [3.8, 4) is 0 Å². The van der Waals surface area contributed by atoms with Crippen LogP contribution < -0.4 is 0 Å². The third-order valence-electron chi connectivity index (χ3n) is 13.8. The number of ether oxygens (including phenoxy) is 11. The SMILES string of the molecule is O=C[C@H](O)[C@@H](O)[C@H](O)[C@H](O)CO.OC[C@H]1O[C@H](O[C@H]2[C@H](O)[C@@H](O)[C@@H](O[C@H]3[C@H](O)[C@@H](O)[C@@H](O[C@H]4[C@H](O)[C@@H](O)[C@@H](O[C@H]5[C@H](O)[C@@H](O)[C@@H](O[C@H]6[C@H](O)[C@@H](O)[C@@H](O)O[C@@H]6CO)O[C@@H]5CO)O[C@@H]4CO)O[C@@H]3CO)O[C@@H]2CO)[C@H](O)[C@@H](O)[C@@H]1O. The summed E-state index contributed by atoms with van der Waals surface area (Å²) in [7, 11) is 0. The Morgan fingerprint density at radius 1 is 0.316 bits per heavy atom. The molecule has 0 aromatic carbocycles. The van der Waals surface area contributed by atoms with E-state index in [1.165, 1.54) is 0 Å². The fourth-order valence-electron chi connectivity index (χ4n) is 9.14. The van der Waals surface area contributed by atoms with Crippen molar-refractivity contribution in [1.29, 1.82) is 0 Å². The van der Waals surface area contributed by atoms with Crippen LogP contribution in [0.4, 0.5) is 0 Å². The van der Waals surface area contributed by atoms with Crippen molar-refractivity contribution in [3.63, 3.8) is 0 Å². The molecule has 37 heteroatoms. The number of carbonyl (C=O) groups is 1. The average Bonchev–Trinajstić information content (AvgIpc) is 3.48. The van der Waals surface area contributed by atoms with E-state index in [1.54, 1.807) is 0 Å². The van der Waals surface area contributed by atoms with Crippen molar-refractivity contribution in [3.05, 3.63) is 0 Å². The Morgan fingerprint density at radius 3 is 0.835 bits per heavy atom. The molecule has 0 amide bonds. The number of carbonyl (C=O) groups excluding carboxylic acids is 1. The molecule has 25 N–H and O–H groups in total. The summed E-state index contributed by atoms with van der Waals surface area (Å²) < 4.78 is 60.5. The number of aliphatic hydroxyl groups excluding tert-OH is 25. The Hall–Kier alpha value is -1.77. The van der Waals surface area contributed by atoms with Gasteiger partial charge in [0.25, 0.3) is 0 Å². The maximum absolute atomic E-state index is 11.2. The van der Waals surface area contributed by atoms with E-state index in [9.17, 15) is 107 Å². The Labute approximate surface area is 445 Å². The number of hydrogen-bond acceptors (Lipinski definition) is 37. The Kier molecular flexibility index (Phi) is 26.1. The third kappa shape index (κ3) is 15.2. The highest BCUT2D eigenvalue weighted by Gasteiger charge is 2.57. The van der Waals surface area contributed by atoms with Gasteiger partial charge in [0, 0.05) is 0 Å². The van der Waals surface area contributed by atoms with Crippen molar-refractivity contribution in [2.75, 3.05) is 46.2 Å². The molecule has 6 rings (SSSR count). The summed E-state index contributed by atoms with van der Waals surface area (Å²) >= 11 is 0. The van der Waals surface area contributed by atoms with Gasteiger partial charge in [-0.2, -0.15) is 0 Å². The highest BCUT2D eigenvalue weighted by atomic mass is 16.8. The van der Waals surface area contributed by atoms with Gasteiger partial charge in [0.05, 0.1) is 46.2 Å². The first-order valence-corrected chi connectivity index (χ1v) is 24.5. The van der Waals surface area contributed by atoms with Gasteiger partial charge in [-0.05, 0) is 0 Å². The zero-order valence-electron chi connectivity index (χ0n) is 41.2. The Morgan fingerprint density at radius 2 is 0.570 bits per heavy atom. The van der Waals surface area contributed by atoms with Crippen LogP contribution in [0, 0.1) is 0 Å². The van der Waals surface area contributed by atoms with E-state index in [1.807, 2.05) is 0 Å². The fourth-order valence-corrected chi connectivity index (χ4v) is 9.14. The smallest absolute Gasteiger partial charge is 0.187 e. The van der Waals surface area contributed by atoms with Gasteiger partial charge >= 0.3 is 0 Å². The Bertz CT molecular complexity index is 1770.